The van der Waals surface area contributed by atoms with Crippen LogP contribution in [0.1, 0.15) is 18.5 Å². The van der Waals surface area contributed by atoms with E-state index in [2.05, 4.69) is 15.6 Å². The van der Waals surface area contributed by atoms with Gasteiger partial charge in [-0.3, -0.25) is 9.78 Å². The molecule has 4 nitrogen and oxygen atoms in total. The molecule has 1 aromatic carbocycles. The number of carbonyl (C=O) groups is 1. The van der Waals surface area contributed by atoms with E-state index in [-0.39, 0.29) is 18.5 Å². The Bertz CT molecular complexity index is 513. The maximum Gasteiger partial charge on any atom is 0.238 e. The first-order valence-electron chi connectivity index (χ1n) is 6.24. The number of pyridine rings is 1. The molecule has 2 aromatic rings. The monoisotopic (exact) mass is 255 g/mol. The third-order valence-corrected chi connectivity index (χ3v) is 2.81. The maximum atomic E-state index is 11.8. The molecular formula is C15H17N3O. The van der Waals surface area contributed by atoms with E-state index < -0.39 is 0 Å². The Morgan fingerprint density at radius 3 is 2.68 bits per heavy atom. The lowest BCUT2D eigenvalue weighted by molar-refractivity contribution is -0.115. The van der Waals surface area contributed by atoms with Gasteiger partial charge in [-0.2, -0.15) is 0 Å². The van der Waals surface area contributed by atoms with Crippen LogP contribution in [-0.2, 0) is 4.79 Å². The lowest BCUT2D eigenvalue weighted by Crippen LogP contribution is -2.30. The first kappa shape index (κ1) is 13.2. The number of aromatic nitrogens is 1. The van der Waals surface area contributed by atoms with Crippen LogP contribution in [-0.4, -0.2) is 17.4 Å². The van der Waals surface area contributed by atoms with Gasteiger partial charge in [0.25, 0.3) is 0 Å². The fourth-order valence-corrected chi connectivity index (χ4v) is 1.72. The molecule has 1 aromatic heterocycles. The molecule has 1 unspecified atom stereocenters. The van der Waals surface area contributed by atoms with Crippen LogP contribution in [0.5, 0.6) is 0 Å². The van der Waals surface area contributed by atoms with Crippen molar-refractivity contribution in [3.8, 4) is 0 Å². The summed E-state index contributed by atoms with van der Waals surface area (Å²) >= 11 is 0. The van der Waals surface area contributed by atoms with Crippen molar-refractivity contribution in [3.05, 3.63) is 60.4 Å². The summed E-state index contributed by atoms with van der Waals surface area (Å²) in [6.07, 6.45) is 3.53. The molecule has 0 radical (unpaired) electrons. The summed E-state index contributed by atoms with van der Waals surface area (Å²) in [6, 6.07) is 13.4. The molecule has 4 heteroatoms. The highest BCUT2D eigenvalue weighted by molar-refractivity contribution is 5.92. The normalized spacial score (nSPS) is 11.8. The molecule has 1 heterocycles. The summed E-state index contributed by atoms with van der Waals surface area (Å²) < 4.78 is 0. The SMILES string of the molecule is CC(NCC(=O)Nc1ccccc1)c1cccnc1. The van der Waals surface area contributed by atoms with Crippen LogP contribution in [0.3, 0.4) is 0 Å². The maximum absolute atomic E-state index is 11.8. The molecule has 98 valence electrons. The number of amides is 1. The van der Waals surface area contributed by atoms with Gasteiger partial charge in [0.15, 0.2) is 0 Å². The fourth-order valence-electron chi connectivity index (χ4n) is 1.72. The van der Waals surface area contributed by atoms with Gasteiger partial charge in [-0.15, -0.1) is 0 Å². The van der Waals surface area contributed by atoms with E-state index in [9.17, 15) is 4.79 Å². The molecule has 0 aliphatic heterocycles. The highest BCUT2D eigenvalue weighted by atomic mass is 16.1. The first-order chi connectivity index (χ1) is 9.25. The van der Waals surface area contributed by atoms with Crippen molar-refractivity contribution < 1.29 is 4.79 Å². The lowest BCUT2D eigenvalue weighted by Gasteiger charge is -2.13. The van der Waals surface area contributed by atoms with Gasteiger partial charge in [0.05, 0.1) is 6.54 Å². The summed E-state index contributed by atoms with van der Waals surface area (Å²) in [5, 5.41) is 6.00. The van der Waals surface area contributed by atoms with Crippen LogP contribution < -0.4 is 10.6 Å². The Morgan fingerprint density at radius 1 is 1.21 bits per heavy atom. The molecule has 1 amide bonds. The van der Waals surface area contributed by atoms with E-state index in [4.69, 9.17) is 0 Å². The van der Waals surface area contributed by atoms with Crippen LogP contribution >= 0.6 is 0 Å². The molecule has 0 spiro atoms. The highest BCUT2D eigenvalue weighted by Crippen LogP contribution is 2.09. The first-order valence-corrected chi connectivity index (χ1v) is 6.24. The van der Waals surface area contributed by atoms with E-state index in [1.807, 2.05) is 49.4 Å². The van der Waals surface area contributed by atoms with Crippen LogP contribution in [0, 0.1) is 0 Å². The molecule has 0 saturated heterocycles. The number of hydrogen-bond acceptors (Lipinski definition) is 3. The standard InChI is InChI=1S/C15H17N3O/c1-12(13-6-5-9-16-10-13)17-11-15(19)18-14-7-3-2-4-8-14/h2-10,12,17H,11H2,1H3,(H,18,19). The van der Waals surface area contributed by atoms with E-state index in [1.54, 1.807) is 12.4 Å². The van der Waals surface area contributed by atoms with Crippen LogP contribution in [0.4, 0.5) is 5.69 Å². The van der Waals surface area contributed by atoms with Crippen molar-refractivity contribution in [3.63, 3.8) is 0 Å². The van der Waals surface area contributed by atoms with Gasteiger partial charge in [-0.1, -0.05) is 24.3 Å². The van der Waals surface area contributed by atoms with Gasteiger partial charge in [0, 0.05) is 24.1 Å². The van der Waals surface area contributed by atoms with Crippen LogP contribution in [0.25, 0.3) is 0 Å². The summed E-state index contributed by atoms with van der Waals surface area (Å²) in [7, 11) is 0. The summed E-state index contributed by atoms with van der Waals surface area (Å²) in [5.74, 6) is -0.0538. The Kier molecular flexibility index (Phi) is 4.64. The molecule has 0 aliphatic rings. The van der Waals surface area contributed by atoms with Crippen molar-refractivity contribution in [2.45, 2.75) is 13.0 Å². The van der Waals surface area contributed by atoms with Crippen molar-refractivity contribution in [1.29, 1.82) is 0 Å². The molecule has 2 rings (SSSR count). The number of hydrogen-bond donors (Lipinski definition) is 2. The van der Waals surface area contributed by atoms with E-state index in [1.165, 1.54) is 0 Å². The molecule has 0 saturated carbocycles. The Labute approximate surface area is 112 Å². The summed E-state index contributed by atoms with van der Waals surface area (Å²) in [6.45, 7) is 2.28. The Hall–Kier alpha value is -2.20. The van der Waals surface area contributed by atoms with Crippen molar-refractivity contribution in [2.24, 2.45) is 0 Å². The average Bonchev–Trinajstić information content (AvgIpc) is 2.47. The second kappa shape index (κ2) is 6.66. The summed E-state index contributed by atoms with van der Waals surface area (Å²) in [5.41, 5.74) is 1.87. The number of carbonyl (C=O) groups excluding carboxylic acids is 1. The summed E-state index contributed by atoms with van der Waals surface area (Å²) in [4.78, 5) is 15.8. The zero-order valence-electron chi connectivity index (χ0n) is 10.8. The Morgan fingerprint density at radius 2 is 2.00 bits per heavy atom. The minimum atomic E-state index is -0.0538. The van der Waals surface area contributed by atoms with Gasteiger partial charge in [0.1, 0.15) is 0 Å². The molecule has 2 N–H and O–H groups in total. The fraction of sp³-hybridized carbons (Fsp3) is 0.200. The smallest absolute Gasteiger partial charge is 0.238 e. The number of anilines is 1. The predicted octanol–water partition coefficient (Wildman–Crippen LogP) is 2.37. The molecular weight excluding hydrogens is 238 g/mol. The van der Waals surface area contributed by atoms with Crippen molar-refractivity contribution in [2.75, 3.05) is 11.9 Å². The quantitative estimate of drug-likeness (QED) is 0.862. The number of nitrogens with one attached hydrogen (secondary N) is 2. The van der Waals surface area contributed by atoms with Crippen LogP contribution in [0.15, 0.2) is 54.9 Å². The van der Waals surface area contributed by atoms with Crippen LogP contribution in [0.2, 0.25) is 0 Å². The van der Waals surface area contributed by atoms with Gasteiger partial charge in [-0.25, -0.2) is 0 Å². The number of para-hydroxylation sites is 1. The zero-order valence-corrected chi connectivity index (χ0v) is 10.8. The van der Waals surface area contributed by atoms with Gasteiger partial charge in [0.2, 0.25) is 5.91 Å². The Balaban J connectivity index is 1.81. The largest absolute Gasteiger partial charge is 0.325 e. The minimum absolute atomic E-state index is 0.0538. The second-order valence-electron chi connectivity index (χ2n) is 4.30. The predicted molar refractivity (Wildman–Crippen MR) is 75.7 cm³/mol. The van der Waals surface area contributed by atoms with Crippen molar-refractivity contribution in [1.82, 2.24) is 10.3 Å². The van der Waals surface area contributed by atoms with E-state index >= 15 is 0 Å². The second-order valence-corrected chi connectivity index (χ2v) is 4.30. The van der Waals surface area contributed by atoms with Crippen molar-refractivity contribution >= 4 is 11.6 Å². The van der Waals surface area contributed by atoms with Gasteiger partial charge in [-0.05, 0) is 30.7 Å². The lowest BCUT2D eigenvalue weighted by atomic mass is 10.1. The molecule has 0 aliphatic carbocycles. The third-order valence-electron chi connectivity index (χ3n) is 2.81. The minimum Gasteiger partial charge on any atom is -0.325 e. The van der Waals surface area contributed by atoms with Gasteiger partial charge < -0.3 is 10.6 Å². The molecule has 1 atom stereocenters. The molecule has 0 fully saturated rings. The highest BCUT2D eigenvalue weighted by Gasteiger charge is 2.07. The number of benzene rings is 1. The average molecular weight is 255 g/mol. The topological polar surface area (TPSA) is 54.0 Å². The number of nitrogens with zero attached hydrogens (tertiary/aromatic N) is 1. The van der Waals surface area contributed by atoms with E-state index in [0.29, 0.717) is 0 Å². The molecule has 0 bridgehead atoms. The third kappa shape index (κ3) is 4.19. The number of rotatable bonds is 5. The van der Waals surface area contributed by atoms with E-state index in [0.717, 1.165) is 11.3 Å². The zero-order chi connectivity index (χ0) is 13.5. The van der Waals surface area contributed by atoms with Gasteiger partial charge >= 0.3 is 0 Å². The molecule has 19 heavy (non-hydrogen) atoms.